The fourth-order valence-corrected chi connectivity index (χ4v) is 1.36. The number of rotatable bonds is 6. The van der Waals surface area contributed by atoms with Gasteiger partial charge in [0.1, 0.15) is 0 Å². The molecule has 0 bridgehead atoms. The van der Waals surface area contributed by atoms with E-state index in [1.807, 2.05) is 12.5 Å². The van der Waals surface area contributed by atoms with Crippen LogP contribution in [0.2, 0.25) is 0 Å². The summed E-state index contributed by atoms with van der Waals surface area (Å²) in [6.07, 6.45) is 4.85. The Labute approximate surface area is 89.8 Å². The van der Waals surface area contributed by atoms with Crippen molar-refractivity contribution in [2.45, 2.75) is 26.4 Å². The van der Waals surface area contributed by atoms with Crippen LogP contribution in [0.5, 0.6) is 0 Å². The summed E-state index contributed by atoms with van der Waals surface area (Å²) in [5.41, 5.74) is 1.18. The van der Waals surface area contributed by atoms with Gasteiger partial charge in [0, 0.05) is 30.9 Å². The second-order valence-corrected chi connectivity index (χ2v) is 3.73. The van der Waals surface area contributed by atoms with Crippen molar-refractivity contribution in [3.05, 3.63) is 29.8 Å². The van der Waals surface area contributed by atoms with E-state index >= 15 is 0 Å². The first kappa shape index (κ1) is 11.3. The molecule has 1 rings (SSSR count). The van der Waals surface area contributed by atoms with E-state index in [9.17, 15) is 0 Å². The maximum absolute atomic E-state index is 5.64. The number of hydrogen-bond donors (Lipinski definition) is 1. The number of aryl methyl sites for hydroxylation is 1. The molecule has 3 nitrogen and oxygen atoms in total. The van der Waals surface area contributed by atoms with Gasteiger partial charge >= 0.3 is 0 Å². The zero-order valence-electron chi connectivity index (χ0n) is 8.46. The van der Waals surface area contributed by atoms with Crippen molar-refractivity contribution in [3.63, 3.8) is 0 Å². The molecule has 1 heterocycles. The second-order valence-electron chi connectivity index (χ2n) is 3.20. The van der Waals surface area contributed by atoms with Crippen LogP contribution >= 0.6 is 11.6 Å². The second kappa shape index (κ2) is 5.83. The quantitative estimate of drug-likeness (QED) is 0.785. The van der Waals surface area contributed by atoms with Crippen molar-refractivity contribution in [3.8, 4) is 0 Å². The van der Waals surface area contributed by atoms with E-state index in [4.69, 9.17) is 11.6 Å². The summed E-state index contributed by atoms with van der Waals surface area (Å²) in [6, 6.07) is 0. The third-order valence-electron chi connectivity index (χ3n) is 1.89. The Morgan fingerprint density at radius 1 is 1.71 bits per heavy atom. The van der Waals surface area contributed by atoms with E-state index in [2.05, 4.69) is 28.4 Å². The molecule has 0 aliphatic carbocycles. The van der Waals surface area contributed by atoms with Gasteiger partial charge in [-0.15, -0.1) is 0 Å². The zero-order valence-corrected chi connectivity index (χ0v) is 9.22. The van der Waals surface area contributed by atoms with Crippen LogP contribution < -0.4 is 5.32 Å². The average molecular weight is 214 g/mol. The Balaban J connectivity index is 2.41. The van der Waals surface area contributed by atoms with Gasteiger partial charge in [-0.3, -0.25) is 0 Å². The minimum Gasteiger partial charge on any atom is -0.333 e. The molecule has 0 saturated heterocycles. The summed E-state index contributed by atoms with van der Waals surface area (Å²) in [5.74, 6) is 0. The highest BCUT2D eigenvalue weighted by Gasteiger charge is 2.00. The molecular weight excluding hydrogens is 198 g/mol. The lowest BCUT2D eigenvalue weighted by atomic mass is 10.4. The first-order valence-electron chi connectivity index (χ1n) is 4.77. The third kappa shape index (κ3) is 3.52. The lowest BCUT2D eigenvalue weighted by molar-refractivity contribution is 0.617. The molecule has 1 aromatic rings. The van der Waals surface area contributed by atoms with Gasteiger partial charge < -0.3 is 9.88 Å². The van der Waals surface area contributed by atoms with Crippen molar-refractivity contribution in [1.82, 2.24) is 14.9 Å². The lowest BCUT2D eigenvalue weighted by Crippen LogP contribution is -2.17. The van der Waals surface area contributed by atoms with Crippen molar-refractivity contribution in [2.24, 2.45) is 0 Å². The van der Waals surface area contributed by atoms with Crippen LogP contribution in [0.3, 0.4) is 0 Å². The molecular formula is C10H16ClN3. The SMILES string of the molecule is C=C(Cl)CNCc1cncn1CCC. The number of imidazole rings is 1. The largest absolute Gasteiger partial charge is 0.333 e. The van der Waals surface area contributed by atoms with Gasteiger partial charge in [-0.05, 0) is 6.42 Å². The smallest absolute Gasteiger partial charge is 0.0948 e. The van der Waals surface area contributed by atoms with Crippen molar-refractivity contribution in [1.29, 1.82) is 0 Å². The zero-order chi connectivity index (χ0) is 10.4. The number of nitrogens with zero attached hydrogens (tertiary/aromatic N) is 2. The Morgan fingerprint density at radius 2 is 2.50 bits per heavy atom. The molecule has 1 N–H and O–H groups in total. The Morgan fingerprint density at radius 3 is 3.14 bits per heavy atom. The van der Waals surface area contributed by atoms with Gasteiger partial charge in [-0.1, -0.05) is 25.1 Å². The van der Waals surface area contributed by atoms with Crippen LogP contribution in [-0.2, 0) is 13.1 Å². The number of halogens is 1. The molecule has 0 atom stereocenters. The van der Waals surface area contributed by atoms with Crippen LogP contribution in [0.15, 0.2) is 24.1 Å². The Kier molecular flexibility index (Phi) is 4.70. The molecule has 0 spiro atoms. The third-order valence-corrected chi connectivity index (χ3v) is 2.02. The summed E-state index contributed by atoms with van der Waals surface area (Å²) in [5, 5.41) is 3.82. The van der Waals surface area contributed by atoms with Gasteiger partial charge in [0.15, 0.2) is 0 Å². The molecule has 0 saturated carbocycles. The standard InChI is InChI=1S/C10H16ClN3/c1-3-4-14-8-13-7-10(14)6-12-5-9(2)11/h7-8,12H,2-6H2,1H3. The number of nitrogens with one attached hydrogen (secondary N) is 1. The van der Waals surface area contributed by atoms with Gasteiger partial charge in [0.25, 0.3) is 0 Å². The highest BCUT2D eigenvalue weighted by molar-refractivity contribution is 6.29. The molecule has 0 aliphatic heterocycles. The predicted molar refractivity (Wildman–Crippen MR) is 59.2 cm³/mol. The van der Waals surface area contributed by atoms with Gasteiger partial charge in [0.05, 0.1) is 12.0 Å². The molecule has 0 unspecified atom stereocenters. The highest BCUT2D eigenvalue weighted by Crippen LogP contribution is 2.01. The Bertz CT molecular complexity index is 293. The molecule has 0 amide bonds. The minimum absolute atomic E-state index is 0.631. The predicted octanol–water partition coefficient (Wildman–Crippen LogP) is 2.14. The van der Waals surface area contributed by atoms with Gasteiger partial charge in [0.2, 0.25) is 0 Å². The molecule has 0 aromatic carbocycles. The number of aromatic nitrogens is 2. The normalized spacial score (nSPS) is 10.4. The Hall–Kier alpha value is -0.800. The van der Waals surface area contributed by atoms with Gasteiger partial charge in [-0.2, -0.15) is 0 Å². The minimum atomic E-state index is 0.631. The first-order chi connectivity index (χ1) is 6.74. The van der Waals surface area contributed by atoms with Crippen LogP contribution in [0.4, 0.5) is 0 Å². The van der Waals surface area contributed by atoms with Crippen LogP contribution in [0.1, 0.15) is 19.0 Å². The molecule has 0 radical (unpaired) electrons. The maximum atomic E-state index is 5.64. The summed E-state index contributed by atoms with van der Waals surface area (Å²) in [6.45, 7) is 8.20. The van der Waals surface area contributed by atoms with Gasteiger partial charge in [-0.25, -0.2) is 4.98 Å². The van der Waals surface area contributed by atoms with E-state index < -0.39 is 0 Å². The van der Waals surface area contributed by atoms with E-state index in [0.717, 1.165) is 19.5 Å². The molecule has 1 aromatic heterocycles. The summed E-state index contributed by atoms with van der Waals surface area (Å²) in [7, 11) is 0. The molecule has 78 valence electrons. The summed E-state index contributed by atoms with van der Waals surface area (Å²) in [4.78, 5) is 4.11. The molecule has 4 heteroatoms. The van der Waals surface area contributed by atoms with E-state index in [0.29, 0.717) is 11.6 Å². The number of hydrogen-bond acceptors (Lipinski definition) is 2. The van der Waals surface area contributed by atoms with E-state index in [1.54, 1.807) is 0 Å². The molecule has 0 aliphatic rings. The van der Waals surface area contributed by atoms with E-state index in [-0.39, 0.29) is 0 Å². The van der Waals surface area contributed by atoms with Crippen LogP contribution in [0.25, 0.3) is 0 Å². The topological polar surface area (TPSA) is 29.9 Å². The van der Waals surface area contributed by atoms with Crippen molar-refractivity contribution < 1.29 is 0 Å². The fraction of sp³-hybridized carbons (Fsp3) is 0.500. The molecule has 0 fully saturated rings. The maximum Gasteiger partial charge on any atom is 0.0948 e. The van der Waals surface area contributed by atoms with Crippen molar-refractivity contribution in [2.75, 3.05) is 6.54 Å². The monoisotopic (exact) mass is 213 g/mol. The average Bonchev–Trinajstić information content (AvgIpc) is 2.53. The molecule has 14 heavy (non-hydrogen) atoms. The van der Waals surface area contributed by atoms with E-state index in [1.165, 1.54) is 5.69 Å². The fourth-order valence-electron chi connectivity index (χ4n) is 1.26. The first-order valence-corrected chi connectivity index (χ1v) is 5.14. The highest BCUT2D eigenvalue weighted by atomic mass is 35.5. The van der Waals surface area contributed by atoms with Crippen LogP contribution in [-0.4, -0.2) is 16.1 Å². The summed E-state index contributed by atoms with van der Waals surface area (Å²) >= 11 is 5.64. The lowest BCUT2D eigenvalue weighted by Gasteiger charge is -2.07. The van der Waals surface area contributed by atoms with Crippen LogP contribution in [0, 0.1) is 0 Å². The van der Waals surface area contributed by atoms with Crippen molar-refractivity contribution >= 4 is 11.6 Å². The summed E-state index contributed by atoms with van der Waals surface area (Å²) < 4.78 is 2.14.